The van der Waals surface area contributed by atoms with Crippen molar-refractivity contribution in [3.63, 3.8) is 0 Å². The van der Waals surface area contributed by atoms with Crippen molar-refractivity contribution in [1.29, 1.82) is 0 Å². The highest BCUT2D eigenvalue weighted by atomic mass is 79.9. The fourth-order valence-electron chi connectivity index (χ4n) is 0.973. The van der Waals surface area contributed by atoms with E-state index in [1.807, 2.05) is 0 Å². The molecule has 1 aliphatic heterocycles. The van der Waals surface area contributed by atoms with Gasteiger partial charge in [0.1, 0.15) is 0 Å². The number of methoxy groups -OCH3 is 1. The highest BCUT2D eigenvalue weighted by Crippen LogP contribution is 2.38. The predicted octanol–water partition coefficient (Wildman–Crippen LogP) is 2.68. The average molecular weight is 251 g/mol. The van der Waals surface area contributed by atoms with E-state index in [2.05, 4.69) is 26.7 Å². The Labute approximate surface area is 84.9 Å². The summed E-state index contributed by atoms with van der Waals surface area (Å²) in [7, 11) is 1.42. The first-order chi connectivity index (χ1) is 5.72. The van der Waals surface area contributed by atoms with Crippen LogP contribution in [0.2, 0.25) is 0 Å². The molecular formula is C8H11BrO2S. The number of alkyl halides is 1. The Balaban J connectivity index is 2.20. The number of ether oxygens (including phenoxy) is 1. The minimum atomic E-state index is -0.130. The van der Waals surface area contributed by atoms with Crippen LogP contribution >= 0.6 is 27.7 Å². The molecule has 0 saturated carbocycles. The van der Waals surface area contributed by atoms with Gasteiger partial charge in [0.15, 0.2) is 0 Å². The first-order valence-corrected chi connectivity index (χ1v) is 5.58. The van der Waals surface area contributed by atoms with Gasteiger partial charge in [-0.05, 0) is 17.7 Å². The minimum absolute atomic E-state index is 0.130. The number of carbonyl (C=O) groups excluding carboxylic acids is 1. The van der Waals surface area contributed by atoms with Crippen molar-refractivity contribution in [1.82, 2.24) is 0 Å². The van der Waals surface area contributed by atoms with E-state index in [0.29, 0.717) is 10.6 Å². The molecule has 0 N–H and O–H groups in total. The van der Waals surface area contributed by atoms with Crippen LogP contribution in [0.3, 0.4) is 0 Å². The zero-order chi connectivity index (χ0) is 8.97. The Morgan fingerprint density at radius 3 is 3.17 bits per heavy atom. The highest BCUT2D eigenvalue weighted by Gasteiger charge is 2.15. The molecule has 68 valence electrons. The van der Waals surface area contributed by atoms with Crippen LogP contribution in [0, 0.1) is 0 Å². The Morgan fingerprint density at radius 2 is 2.67 bits per heavy atom. The summed E-state index contributed by atoms with van der Waals surface area (Å²) in [5, 5.41) is 0. The summed E-state index contributed by atoms with van der Waals surface area (Å²) in [5.41, 5.74) is 0. The van der Waals surface area contributed by atoms with Crippen molar-refractivity contribution in [2.45, 2.75) is 23.4 Å². The third-order valence-electron chi connectivity index (χ3n) is 1.61. The summed E-state index contributed by atoms with van der Waals surface area (Å²) in [6.45, 7) is 0. The van der Waals surface area contributed by atoms with E-state index in [1.165, 1.54) is 12.0 Å². The van der Waals surface area contributed by atoms with Gasteiger partial charge < -0.3 is 4.74 Å². The van der Waals surface area contributed by atoms with Crippen LogP contribution in [0.15, 0.2) is 11.0 Å². The van der Waals surface area contributed by atoms with Crippen molar-refractivity contribution in [2.24, 2.45) is 0 Å². The summed E-state index contributed by atoms with van der Waals surface area (Å²) in [6, 6.07) is 0. The Hall–Kier alpha value is 0.0400. The third kappa shape index (κ3) is 3.19. The van der Waals surface area contributed by atoms with E-state index >= 15 is 0 Å². The molecule has 1 rings (SSSR count). The van der Waals surface area contributed by atoms with E-state index in [-0.39, 0.29) is 5.97 Å². The zero-order valence-corrected chi connectivity index (χ0v) is 9.28. The van der Waals surface area contributed by atoms with Crippen molar-refractivity contribution >= 4 is 33.7 Å². The number of thioether (sulfide) groups is 1. The summed E-state index contributed by atoms with van der Waals surface area (Å²) in [5.74, 6) is -0.130. The number of carbonyl (C=O) groups is 1. The van der Waals surface area contributed by atoms with Gasteiger partial charge >= 0.3 is 5.97 Å². The lowest BCUT2D eigenvalue weighted by atomic mass is 10.3. The Bertz CT molecular complexity index is 203. The molecule has 2 nitrogen and oxygen atoms in total. The van der Waals surface area contributed by atoms with Gasteiger partial charge in [-0.1, -0.05) is 22.0 Å². The lowest BCUT2D eigenvalue weighted by Gasteiger charge is -2.01. The van der Waals surface area contributed by atoms with Crippen LogP contribution in [0.5, 0.6) is 0 Å². The molecule has 0 radical (unpaired) electrons. The van der Waals surface area contributed by atoms with E-state index in [9.17, 15) is 4.79 Å². The molecule has 0 amide bonds. The van der Waals surface area contributed by atoms with Gasteiger partial charge in [-0.3, -0.25) is 4.79 Å². The van der Waals surface area contributed by atoms with Gasteiger partial charge in [0.25, 0.3) is 0 Å². The number of allylic oxidation sites excluding steroid dienone is 2. The molecule has 0 aromatic rings. The van der Waals surface area contributed by atoms with Gasteiger partial charge in [-0.25, -0.2) is 0 Å². The van der Waals surface area contributed by atoms with E-state index in [0.717, 1.165) is 12.8 Å². The second-order valence-corrected chi connectivity index (χ2v) is 5.55. The molecule has 12 heavy (non-hydrogen) atoms. The highest BCUT2D eigenvalue weighted by molar-refractivity contribution is 9.11. The smallest absolute Gasteiger partial charge is 0.305 e. The van der Waals surface area contributed by atoms with Crippen LogP contribution in [0.1, 0.15) is 19.3 Å². The first kappa shape index (κ1) is 10.1. The second kappa shape index (κ2) is 4.92. The number of hydrogen-bond acceptors (Lipinski definition) is 3. The molecule has 0 saturated heterocycles. The maximum atomic E-state index is 10.8. The molecule has 0 spiro atoms. The molecule has 0 fully saturated rings. The fraction of sp³-hybridized carbons (Fsp3) is 0.625. The lowest BCUT2D eigenvalue weighted by Crippen LogP contribution is -1.99. The van der Waals surface area contributed by atoms with Gasteiger partial charge in [0.2, 0.25) is 0 Å². The second-order valence-electron chi connectivity index (χ2n) is 2.51. The first-order valence-electron chi connectivity index (χ1n) is 3.79. The van der Waals surface area contributed by atoms with Crippen LogP contribution in [0.25, 0.3) is 0 Å². The van der Waals surface area contributed by atoms with Crippen molar-refractivity contribution in [3.05, 3.63) is 11.0 Å². The maximum absolute atomic E-state index is 10.8. The molecule has 1 atom stereocenters. The molecular weight excluding hydrogens is 240 g/mol. The maximum Gasteiger partial charge on any atom is 0.305 e. The zero-order valence-electron chi connectivity index (χ0n) is 6.88. The predicted molar refractivity (Wildman–Crippen MR) is 54.3 cm³/mol. The van der Waals surface area contributed by atoms with Gasteiger partial charge in [-0.2, -0.15) is 0 Å². The van der Waals surface area contributed by atoms with Crippen molar-refractivity contribution < 1.29 is 9.53 Å². The summed E-state index contributed by atoms with van der Waals surface area (Å²) < 4.78 is 5.05. The normalized spacial score (nSPS) is 22.2. The fourth-order valence-corrected chi connectivity index (χ4v) is 2.81. The molecule has 1 heterocycles. The lowest BCUT2D eigenvalue weighted by molar-refractivity contribution is -0.140. The summed E-state index contributed by atoms with van der Waals surface area (Å²) in [6.07, 6.45) is 4.54. The van der Waals surface area contributed by atoms with Crippen LogP contribution < -0.4 is 0 Å². The average Bonchev–Trinajstić information content (AvgIpc) is 2.47. The number of rotatable bonds is 3. The molecule has 4 heteroatoms. The quantitative estimate of drug-likeness (QED) is 0.569. The summed E-state index contributed by atoms with van der Waals surface area (Å²) in [4.78, 5) is 12.1. The third-order valence-corrected chi connectivity index (χ3v) is 3.67. The number of esters is 1. The molecule has 0 aromatic heterocycles. The summed E-state index contributed by atoms with van der Waals surface area (Å²) >= 11 is 5.29. The molecule has 0 aliphatic carbocycles. The molecule has 0 bridgehead atoms. The molecule has 1 unspecified atom stereocenters. The number of hydrogen-bond donors (Lipinski definition) is 0. The van der Waals surface area contributed by atoms with Crippen molar-refractivity contribution in [2.75, 3.05) is 7.11 Å². The largest absolute Gasteiger partial charge is 0.469 e. The van der Waals surface area contributed by atoms with Gasteiger partial charge in [0, 0.05) is 0 Å². The van der Waals surface area contributed by atoms with Crippen molar-refractivity contribution in [3.8, 4) is 0 Å². The minimum Gasteiger partial charge on any atom is -0.469 e. The number of halogens is 1. The van der Waals surface area contributed by atoms with Crippen LogP contribution in [-0.2, 0) is 9.53 Å². The topological polar surface area (TPSA) is 26.3 Å². The van der Waals surface area contributed by atoms with E-state index < -0.39 is 0 Å². The van der Waals surface area contributed by atoms with Gasteiger partial charge in [0.05, 0.1) is 17.7 Å². The van der Waals surface area contributed by atoms with Crippen LogP contribution in [-0.4, -0.2) is 17.2 Å². The standard InChI is InChI=1S/C8H11BrO2S/c1-11-8(10)5-3-6-2-4-7(9)12-6/h2,7H,3-5H2,1H3. The monoisotopic (exact) mass is 250 g/mol. The SMILES string of the molecule is COC(=O)CCC1=CCC(Br)S1. The van der Waals surface area contributed by atoms with Gasteiger partial charge in [-0.15, -0.1) is 11.8 Å². The van der Waals surface area contributed by atoms with E-state index in [4.69, 9.17) is 0 Å². The van der Waals surface area contributed by atoms with E-state index in [1.54, 1.807) is 11.8 Å². The molecule has 1 aliphatic rings. The Kier molecular flexibility index (Phi) is 4.15. The Morgan fingerprint density at radius 1 is 1.92 bits per heavy atom. The van der Waals surface area contributed by atoms with Crippen LogP contribution in [0.4, 0.5) is 0 Å². The molecule has 0 aromatic carbocycles.